The van der Waals surface area contributed by atoms with Gasteiger partial charge in [0, 0.05) is 31.6 Å². The van der Waals surface area contributed by atoms with Crippen LogP contribution in [0.3, 0.4) is 0 Å². The molecule has 2 N–H and O–H groups in total. The van der Waals surface area contributed by atoms with E-state index in [9.17, 15) is 4.79 Å². The highest BCUT2D eigenvalue weighted by Crippen LogP contribution is 2.56. The van der Waals surface area contributed by atoms with Gasteiger partial charge < -0.3 is 20.3 Å². The predicted molar refractivity (Wildman–Crippen MR) is 95.0 cm³/mol. The maximum atomic E-state index is 13.1. The second-order valence-corrected chi connectivity index (χ2v) is 8.20. The smallest absolute Gasteiger partial charge is 0.224 e. The summed E-state index contributed by atoms with van der Waals surface area (Å²) in [5, 5.41) is 11.1. The van der Waals surface area contributed by atoms with Crippen molar-refractivity contribution in [3.8, 4) is 0 Å². The SMILES string of the molecule is O=C(CC1COCCN1)N(Cc1ccsc1)C1CC12CCNCC2. The largest absolute Gasteiger partial charge is 0.378 e. The number of nitrogens with zero attached hydrogens (tertiary/aromatic N) is 1. The minimum atomic E-state index is 0.166. The summed E-state index contributed by atoms with van der Waals surface area (Å²) in [4.78, 5) is 15.2. The molecule has 2 aliphatic heterocycles. The van der Waals surface area contributed by atoms with Crippen LogP contribution >= 0.6 is 11.3 Å². The highest BCUT2D eigenvalue weighted by atomic mass is 32.1. The molecular weight excluding hydrogens is 322 g/mol. The van der Waals surface area contributed by atoms with Crippen molar-refractivity contribution in [1.82, 2.24) is 15.5 Å². The molecule has 1 aromatic rings. The number of piperidine rings is 1. The van der Waals surface area contributed by atoms with Gasteiger partial charge in [0.15, 0.2) is 0 Å². The van der Waals surface area contributed by atoms with E-state index in [1.807, 2.05) is 0 Å². The minimum absolute atomic E-state index is 0.166. The fourth-order valence-electron chi connectivity index (χ4n) is 4.26. The Hall–Kier alpha value is -0.950. The van der Waals surface area contributed by atoms with E-state index in [0.717, 1.165) is 32.8 Å². The summed E-state index contributed by atoms with van der Waals surface area (Å²) < 4.78 is 5.51. The van der Waals surface area contributed by atoms with Gasteiger partial charge >= 0.3 is 0 Å². The molecule has 2 unspecified atom stereocenters. The fraction of sp³-hybridized carbons (Fsp3) is 0.722. The van der Waals surface area contributed by atoms with E-state index in [1.165, 1.54) is 24.8 Å². The van der Waals surface area contributed by atoms with Crippen molar-refractivity contribution in [2.75, 3.05) is 32.8 Å². The van der Waals surface area contributed by atoms with Crippen molar-refractivity contribution < 1.29 is 9.53 Å². The van der Waals surface area contributed by atoms with E-state index in [-0.39, 0.29) is 11.9 Å². The molecule has 24 heavy (non-hydrogen) atoms. The van der Waals surface area contributed by atoms with Gasteiger partial charge in [0.2, 0.25) is 5.91 Å². The molecule has 0 radical (unpaired) electrons. The average molecular weight is 350 g/mol. The Balaban J connectivity index is 1.44. The standard InChI is InChI=1S/C18H27N3O2S/c22-17(9-15-12-23-7-6-20-15)21(11-14-1-8-24-13-14)16-10-18(16)2-4-19-5-3-18/h1,8,13,15-16,19-20H,2-7,9-12H2. The molecule has 0 bridgehead atoms. The normalized spacial score (nSPS) is 28.7. The first-order valence-electron chi connectivity index (χ1n) is 9.09. The third-order valence-corrected chi connectivity index (χ3v) is 6.53. The number of ether oxygens (including phenoxy) is 1. The molecule has 132 valence electrons. The van der Waals surface area contributed by atoms with Gasteiger partial charge in [-0.1, -0.05) is 0 Å². The summed E-state index contributed by atoms with van der Waals surface area (Å²) >= 11 is 1.71. The molecule has 1 spiro atoms. The predicted octanol–water partition coefficient (Wildman–Crippen LogP) is 1.60. The van der Waals surface area contributed by atoms with E-state index in [0.29, 0.717) is 24.5 Å². The van der Waals surface area contributed by atoms with Crippen molar-refractivity contribution in [3.05, 3.63) is 22.4 Å². The first kappa shape index (κ1) is 16.5. The van der Waals surface area contributed by atoms with Gasteiger partial charge in [-0.3, -0.25) is 4.79 Å². The molecule has 1 aliphatic carbocycles. The van der Waals surface area contributed by atoms with E-state index < -0.39 is 0 Å². The third kappa shape index (κ3) is 3.52. The molecule has 6 heteroatoms. The molecule has 1 amide bonds. The topological polar surface area (TPSA) is 53.6 Å². The second-order valence-electron chi connectivity index (χ2n) is 7.42. The number of thiophene rings is 1. The van der Waals surface area contributed by atoms with Crippen LogP contribution in [0.5, 0.6) is 0 Å². The molecule has 2 atom stereocenters. The molecule has 3 heterocycles. The Kier molecular flexibility index (Phi) is 4.90. The zero-order chi connectivity index (χ0) is 16.4. The van der Waals surface area contributed by atoms with Gasteiger partial charge in [-0.05, 0) is 60.2 Å². The fourth-order valence-corrected chi connectivity index (χ4v) is 4.92. The summed E-state index contributed by atoms with van der Waals surface area (Å²) in [5.41, 5.74) is 1.64. The van der Waals surface area contributed by atoms with Gasteiger partial charge in [-0.25, -0.2) is 0 Å². The molecule has 3 aliphatic rings. The summed E-state index contributed by atoms with van der Waals surface area (Å²) in [6.07, 6.45) is 4.14. The van der Waals surface area contributed by atoms with Gasteiger partial charge in [-0.2, -0.15) is 11.3 Å². The number of carbonyl (C=O) groups is 1. The van der Waals surface area contributed by atoms with Crippen LogP contribution in [0.15, 0.2) is 16.8 Å². The Morgan fingerprint density at radius 1 is 1.38 bits per heavy atom. The molecule has 4 rings (SSSR count). The van der Waals surface area contributed by atoms with Crippen molar-refractivity contribution in [1.29, 1.82) is 0 Å². The van der Waals surface area contributed by atoms with Crippen LogP contribution in [0.4, 0.5) is 0 Å². The average Bonchev–Trinajstić information content (AvgIpc) is 3.05. The third-order valence-electron chi connectivity index (χ3n) is 5.80. The number of rotatable bonds is 5. The molecule has 3 fully saturated rings. The first-order chi connectivity index (χ1) is 11.8. The number of nitrogens with one attached hydrogen (secondary N) is 2. The molecule has 2 saturated heterocycles. The summed E-state index contributed by atoms with van der Waals surface area (Å²) in [6, 6.07) is 2.74. The Bertz CT molecular complexity index is 551. The van der Waals surface area contributed by atoms with Crippen molar-refractivity contribution >= 4 is 17.2 Å². The van der Waals surface area contributed by atoms with Crippen LogP contribution in [0.2, 0.25) is 0 Å². The summed E-state index contributed by atoms with van der Waals surface area (Å²) in [6.45, 7) is 5.20. The van der Waals surface area contributed by atoms with Crippen LogP contribution in [0.25, 0.3) is 0 Å². The Morgan fingerprint density at radius 2 is 2.25 bits per heavy atom. The highest BCUT2D eigenvalue weighted by molar-refractivity contribution is 7.07. The van der Waals surface area contributed by atoms with Gasteiger partial charge in [-0.15, -0.1) is 0 Å². The Morgan fingerprint density at radius 3 is 2.96 bits per heavy atom. The van der Waals surface area contributed by atoms with Gasteiger partial charge in [0.05, 0.1) is 13.2 Å². The van der Waals surface area contributed by atoms with E-state index in [1.54, 1.807) is 11.3 Å². The van der Waals surface area contributed by atoms with Crippen molar-refractivity contribution in [2.45, 2.75) is 44.3 Å². The van der Waals surface area contributed by atoms with Gasteiger partial charge in [0.1, 0.15) is 0 Å². The quantitative estimate of drug-likeness (QED) is 0.848. The van der Waals surface area contributed by atoms with Crippen LogP contribution in [0.1, 0.15) is 31.2 Å². The minimum Gasteiger partial charge on any atom is -0.378 e. The van der Waals surface area contributed by atoms with Crippen LogP contribution in [0, 0.1) is 5.41 Å². The number of hydrogen-bond donors (Lipinski definition) is 2. The van der Waals surface area contributed by atoms with Crippen molar-refractivity contribution in [2.24, 2.45) is 5.41 Å². The summed E-state index contributed by atoms with van der Waals surface area (Å²) in [7, 11) is 0. The van der Waals surface area contributed by atoms with E-state index >= 15 is 0 Å². The van der Waals surface area contributed by atoms with Crippen LogP contribution in [-0.2, 0) is 16.1 Å². The maximum Gasteiger partial charge on any atom is 0.224 e. The highest BCUT2D eigenvalue weighted by Gasteiger charge is 2.57. The Labute approximate surface area is 147 Å². The second kappa shape index (κ2) is 7.12. The molecule has 5 nitrogen and oxygen atoms in total. The lowest BCUT2D eigenvalue weighted by atomic mass is 9.93. The zero-order valence-corrected chi connectivity index (χ0v) is 14.9. The summed E-state index contributed by atoms with van der Waals surface area (Å²) in [5.74, 6) is 0.282. The first-order valence-corrected chi connectivity index (χ1v) is 10.0. The monoisotopic (exact) mass is 349 g/mol. The lowest BCUT2D eigenvalue weighted by Crippen LogP contribution is -2.46. The number of amides is 1. The number of carbonyl (C=O) groups excluding carboxylic acids is 1. The molecule has 1 aromatic heterocycles. The van der Waals surface area contributed by atoms with Crippen LogP contribution in [-0.4, -0.2) is 55.7 Å². The lowest BCUT2D eigenvalue weighted by Gasteiger charge is -2.31. The lowest BCUT2D eigenvalue weighted by molar-refractivity contribution is -0.134. The van der Waals surface area contributed by atoms with E-state index in [2.05, 4.69) is 32.4 Å². The van der Waals surface area contributed by atoms with E-state index in [4.69, 9.17) is 4.74 Å². The number of morpholine rings is 1. The zero-order valence-electron chi connectivity index (χ0n) is 14.1. The number of hydrogen-bond acceptors (Lipinski definition) is 5. The molecule has 0 aromatic carbocycles. The van der Waals surface area contributed by atoms with Crippen LogP contribution < -0.4 is 10.6 Å². The molecular formula is C18H27N3O2S. The van der Waals surface area contributed by atoms with Gasteiger partial charge in [0.25, 0.3) is 0 Å². The molecule has 1 saturated carbocycles. The maximum absolute atomic E-state index is 13.1. The van der Waals surface area contributed by atoms with Crippen molar-refractivity contribution in [3.63, 3.8) is 0 Å².